The van der Waals surface area contributed by atoms with Crippen LogP contribution in [0, 0.1) is 6.92 Å². The molecule has 124 valence electrons. The van der Waals surface area contributed by atoms with Crippen LogP contribution in [0.1, 0.15) is 29.7 Å². The molecule has 1 aliphatic heterocycles. The number of aryl methyl sites for hydroxylation is 1. The highest BCUT2D eigenvalue weighted by atomic mass is 127. The number of rotatable bonds is 4. The van der Waals surface area contributed by atoms with Gasteiger partial charge in [0.15, 0.2) is 5.96 Å². The van der Waals surface area contributed by atoms with Crippen LogP contribution in [0.2, 0.25) is 0 Å². The fourth-order valence-corrected chi connectivity index (χ4v) is 3.09. The normalized spacial score (nSPS) is 18.0. The molecule has 2 heterocycles. The van der Waals surface area contributed by atoms with E-state index in [1.54, 1.807) is 18.4 Å². The first kappa shape index (κ1) is 19.1. The molecular weight excluding hydrogens is 413 g/mol. The lowest BCUT2D eigenvalue weighted by Crippen LogP contribution is -2.44. The number of aliphatic imine (C=N–C) groups is 1. The molecular formula is C14H24IN5OS. The van der Waals surface area contributed by atoms with Crippen molar-refractivity contribution in [3.05, 3.63) is 16.1 Å². The van der Waals surface area contributed by atoms with Gasteiger partial charge in [0.05, 0.1) is 6.54 Å². The molecule has 1 unspecified atom stereocenters. The second kappa shape index (κ2) is 9.29. The molecule has 0 aliphatic carbocycles. The van der Waals surface area contributed by atoms with Gasteiger partial charge >= 0.3 is 0 Å². The zero-order chi connectivity index (χ0) is 15.2. The summed E-state index contributed by atoms with van der Waals surface area (Å²) in [6.07, 6.45) is 3.41. The van der Waals surface area contributed by atoms with E-state index in [1.807, 2.05) is 24.9 Å². The Morgan fingerprint density at radius 3 is 2.95 bits per heavy atom. The second-order valence-electron chi connectivity index (χ2n) is 5.11. The van der Waals surface area contributed by atoms with Crippen molar-refractivity contribution in [3.63, 3.8) is 0 Å². The van der Waals surface area contributed by atoms with E-state index in [2.05, 4.69) is 20.6 Å². The smallest absolute Gasteiger partial charge is 0.222 e. The molecule has 1 aromatic heterocycles. The number of hydrogen-bond acceptors (Lipinski definition) is 4. The van der Waals surface area contributed by atoms with Crippen LogP contribution in [-0.4, -0.2) is 47.9 Å². The highest BCUT2D eigenvalue weighted by molar-refractivity contribution is 14.0. The van der Waals surface area contributed by atoms with Crippen LogP contribution in [0.5, 0.6) is 0 Å². The summed E-state index contributed by atoms with van der Waals surface area (Å²) in [5, 5.41) is 7.69. The summed E-state index contributed by atoms with van der Waals surface area (Å²) < 4.78 is 0. The summed E-state index contributed by atoms with van der Waals surface area (Å²) in [6.45, 7) is 6.20. The molecule has 1 aliphatic rings. The molecule has 0 radical (unpaired) electrons. The first-order chi connectivity index (χ1) is 10.1. The maximum absolute atomic E-state index is 11.7. The number of aromatic nitrogens is 1. The van der Waals surface area contributed by atoms with Crippen molar-refractivity contribution in [3.8, 4) is 0 Å². The summed E-state index contributed by atoms with van der Waals surface area (Å²) >= 11 is 1.68. The predicted octanol–water partition coefficient (Wildman–Crippen LogP) is 1.75. The number of nitrogens with one attached hydrogen (secondary N) is 2. The highest BCUT2D eigenvalue weighted by Gasteiger charge is 2.25. The molecule has 1 atom stereocenters. The molecule has 6 nitrogen and oxygen atoms in total. The number of carbonyl (C=O) groups is 1. The van der Waals surface area contributed by atoms with Crippen LogP contribution < -0.4 is 10.6 Å². The third-order valence-electron chi connectivity index (χ3n) is 3.48. The van der Waals surface area contributed by atoms with Crippen LogP contribution in [0.4, 0.5) is 0 Å². The van der Waals surface area contributed by atoms with E-state index < -0.39 is 0 Å². The Hall–Kier alpha value is -0.900. The minimum Gasteiger partial charge on any atom is -0.352 e. The third-order valence-corrected chi connectivity index (χ3v) is 4.40. The zero-order valence-corrected chi connectivity index (χ0v) is 16.4. The minimum absolute atomic E-state index is 0. The lowest BCUT2D eigenvalue weighted by atomic mass is 10.3. The molecule has 0 aromatic carbocycles. The van der Waals surface area contributed by atoms with E-state index >= 15 is 0 Å². The van der Waals surface area contributed by atoms with Crippen LogP contribution >= 0.6 is 35.3 Å². The fraction of sp³-hybridized carbons (Fsp3) is 0.643. The van der Waals surface area contributed by atoms with Crippen molar-refractivity contribution in [2.24, 2.45) is 4.99 Å². The predicted molar refractivity (Wildman–Crippen MR) is 101 cm³/mol. The van der Waals surface area contributed by atoms with Gasteiger partial charge in [0, 0.05) is 43.7 Å². The van der Waals surface area contributed by atoms with Crippen molar-refractivity contribution in [1.29, 1.82) is 0 Å². The maximum atomic E-state index is 11.7. The molecule has 8 heteroatoms. The van der Waals surface area contributed by atoms with Gasteiger partial charge in [-0.1, -0.05) is 6.92 Å². The van der Waals surface area contributed by atoms with Gasteiger partial charge in [-0.3, -0.25) is 9.79 Å². The average Bonchev–Trinajstić information content (AvgIpc) is 3.11. The van der Waals surface area contributed by atoms with Crippen molar-refractivity contribution < 1.29 is 4.79 Å². The number of hydrogen-bond donors (Lipinski definition) is 2. The molecule has 1 fully saturated rings. The third kappa shape index (κ3) is 5.38. The van der Waals surface area contributed by atoms with Crippen molar-refractivity contribution >= 4 is 47.2 Å². The SMILES string of the molecule is CCC(=O)N1CCC(NC(=NC)NCc2ncc(C)s2)C1.I. The van der Waals surface area contributed by atoms with Gasteiger partial charge in [-0.25, -0.2) is 4.98 Å². The molecule has 2 rings (SSSR count). The van der Waals surface area contributed by atoms with Gasteiger partial charge in [0.1, 0.15) is 5.01 Å². The quantitative estimate of drug-likeness (QED) is 0.428. The Balaban J connectivity index is 0.00000242. The molecule has 1 saturated heterocycles. The van der Waals surface area contributed by atoms with Gasteiger partial charge in [-0.15, -0.1) is 35.3 Å². The number of thiazole rings is 1. The molecule has 22 heavy (non-hydrogen) atoms. The summed E-state index contributed by atoms with van der Waals surface area (Å²) in [5.74, 6) is 0.985. The summed E-state index contributed by atoms with van der Waals surface area (Å²) in [7, 11) is 1.76. The van der Waals surface area contributed by atoms with Gasteiger partial charge in [0.25, 0.3) is 0 Å². The van der Waals surface area contributed by atoms with E-state index in [9.17, 15) is 4.79 Å². The number of guanidine groups is 1. The highest BCUT2D eigenvalue weighted by Crippen LogP contribution is 2.11. The van der Waals surface area contributed by atoms with Crippen LogP contribution in [-0.2, 0) is 11.3 Å². The van der Waals surface area contributed by atoms with Crippen LogP contribution in [0.15, 0.2) is 11.2 Å². The lowest BCUT2D eigenvalue weighted by Gasteiger charge is -2.18. The Kier molecular flexibility index (Phi) is 8.08. The Bertz CT molecular complexity index is 519. The average molecular weight is 437 g/mol. The maximum Gasteiger partial charge on any atom is 0.222 e. The first-order valence-corrected chi connectivity index (χ1v) is 8.10. The van der Waals surface area contributed by atoms with E-state index in [4.69, 9.17) is 0 Å². The van der Waals surface area contributed by atoms with Gasteiger partial charge in [0.2, 0.25) is 5.91 Å². The van der Waals surface area contributed by atoms with Gasteiger partial charge in [-0.2, -0.15) is 0 Å². The fourth-order valence-electron chi connectivity index (χ4n) is 2.36. The largest absolute Gasteiger partial charge is 0.352 e. The standard InChI is InChI=1S/C14H23N5OS.HI/c1-4-13(20)19-6-5-11(9-19)18-14(15-3)17-8-12-16-7-10(2)21-12;/h7,11H,4-6,8-9H2,1-3H3,(H2,15,17,18);1H. The van der Waals surface area contributed by atoms with Gasteiger partial charge < -0.3 is 15.5 Å². The summed E-state index contributed by atoms with van der Waals surface area (Å²) in [4.78, 5) is 23.3. The zero-order valence-electron chi connectivity index (χ0n) is 13.3. The Labute approximate surface area is 152 Å². The van der Waals surface area contributed by atoms with Crippen LogP contribution in [0.25, 0.3) is 0 Å². The second-order valence-corrected chi connectivity index (χ2v) is 6.43. The van der Waals surface area contributed by atoms with E-state index in [0.717, 1.165) is 30.5 Å². The van der Waals surface area contributed by atoms with E-state index in [1.165, 1.54) is 4.88 Å². The number of nitrogens with zero attached hydrogens (tertiary/aromatic N) is 3. The van der Waals surface area contributed by atoms with Gasteiger partial charge in [-0.05, 0) is 13.3 Å². The molecule has 1 amide bonds. The van der Waals surface area contributed by atoms with Crippen molar-refractivity contribution in [2.75, 3.05) is 20.1 Å². The molecule has 0 spiro atoms. The number of carbonyl (C=O) groups excluding carboxylic acids is 1. The van der Waals surface area contributed by atoms with Crippen molar-refractivity contribution in [2.45, 2.75) is 39.3 Å². The van der Waals surface area contributed by atoms with Crippen molar-refractivity contribution in [1.82, 2.24) is 20.5 Å². The lowest BCUT2D eigenvalue weighted by molar-refractivity contribution is -0.129. The molecule has 2 N–H and O–H groups in total. The summed E-state index contributed by atoms with van der Waals surface area (Å²) in [6, 6.07) is 0.268. The number of amides is 1. The Morgan fingerprint density at radius 1 is 1.59 bits per heavy atom. The first-order valence-electron chi connectivity index (χ1n) is 7.28. The van der Waals surface area contributed by atoms with E-state index in [0.29, 0.717) is 13.0 Å². The van der Waals surface area contributed by atoms with Crippen LogP contribution in [0.3, 0.4) is 0 Å². The Morgan fingerprint density at radius 2 is 2.36 bits per heavy atom. The number of halogens is 1. The molecule has 0 bridgehead atoms. The van der Waals surface area contributed by atoms with E-state index in [-0.39, 0.29) is 35.9 Å². The topological polar surface area (TPSA) is 69.6 Å². The minimum atomic E-state index is 0. The number of likely N-dealkylation sites (tertiary alicyclic amines) is 1. The molecule has 0 saturated carbocycles. The monoisotopic (exact) mass is 437 g/mol. The summed E-state index contributed by atoms with van der Waals surface area (Å²) in [5.41, 5.74) is 0. The molecule has 1 aromatic rings.